The molecule has 8 fully saturated rings. The zero-order chi connectivity index (χ0) is 26.7. The Hall–Kier alpha value is -0.450. The fourth-order valence-corrected chi connectivity index (χ4v) is 12.5. The molecule has 0 aromatic rings. The first-order valence-electron chi connectivity index (χ1n) is 14.1. The second-order valence-electron chi connectivity index (χ2n) is 14.8. The largest absolute Gasteiger partial charge is 0.390 e. The van der Waals surface area contributed by atoms with Gasteiger partial charge in [-0.05, 0) is 112 Å². The predicted molar refractivity (Wildman–Crippen MR) is 130 cm³/mol. The molecule has 10 heteroatoms. The summed E-state index contributed by atoms with van der Waals surface area (Å²) in [5.41, 5.74) is -2.43. The molecule has 0 amide bonds. The molecule has 0 aliphatic heterocycles. The van der Waals surface area contributed by atoms with Crippen molar-refractivity contribution in [3.63, 3.8) is 0 Å². The maximum absolute atomic E-state index is 14.2. The number of halogens is 4. The molecule has 0 aromatic carbocycles. The molecule has 8 aliphatic carbocycles. The maximum Gasteiger partial charge on any atom is 0.310 e. The lowest BCUT2D eigenvalue weighted by atomic mass is 9.47. The Kier molecular flexibility index (Phi) is 5.83. The topological polar surface area (TPSA) is 77.8 Å². The number of hydrogen-bond acceptors (Lipinski definition) is 4. The van der Waals surface area contributed by atoms with Gasteiger partial charge in [-0.25, -0.2) is 21.5 Å². The first-order chi connectivity index (χ1) is 16.9. The van der Waals surface area contributed by atoms with E-state index in [0.29, 0.717) is 36.5 Å². The summed E-state index contributed by atoms with van der Waals surface area (Å²) in [6.07, 6.45) is 7.82. The molecule has 37 heavy (non-hydrogen) atoms. The van der Waals surface area contributed by atoms with E-state index in [2.05, 4.69) is 0 Å². The van der Waals surface area contributed by atoms with Gasteiger partial charge in [0.25, 0.3) is 0 Å². The molecular weight excluding hydrogens is 510 g/mol. The maximum atomic E-state index is 14.2. The van der Waals surface area contributed by atoms with E-state index in [1.165, 1.54) is 4.31 Å². The highest BCUT2D eigenvalue weighted by atomic mass is 32.2. The highest BCUT2D eigenvalue weighted by Gasteiger charge is 2.61. The van der Waals surface area contributed by atoms with Crippen molar-refractivity contribution < 1.29 is 36.2 Å². The molecule has 4 unspecified atom stereocenters. The van der Waals surface area contributed by atoms with E-state index in [9.17, 15) is 36.2 Å². The summed E-state index contributed by atoms with van der Waals surface area (Å²) in [5, 5.41) is 22.5. The third kappa shape index (κ3) is 4.77. The Bertz CT molecular complexity index is 963. The van der Waals surface area contributed by atoms with Crippen molar-refractivity contribution in [2.45, 2.75) is 113 Å². The van der Waals surface area contributed by atoms with Crippen LogP contribution in [-0.4, -0.2) is 64.8 Å². The van der Waals surface area contributed by atoms with Gasteiger partial charge in [0.15, 0.2) is 0 Å². The Morgan fingerprint density at radius 2 is 1.14 bits per heavy atom. The normalized spacial score (nSPS) is 46.8. The summed E-state index contributed by atoms with van der Waals surface area (Å²) in [7, 11) is -4.29. The Morgan fingerprint density at radius 1 is 0.757 bits per heavy atom. The summed E-state index contributed by atoms with van der Waals surface area (Å²) in [4.78, 5) is 0. The molecule has 0 heterocycles. The molecule has 2 N–H and O–H groups in total. The van der Waals surface area contributed by atoms with Gasteiger partial charge in [-0.3, -0.25) is 0 Å². The van der Waals surface area contributed by atoms with Crippen molar-refractivity contribution in [3.05, 3.63) is 0 Å². The van der Waals surface area contributed by atoms with E-state index < -0.39 is 56.1 Å². The SMILES string of the molecule is CC(F)(F)C(F)(F)CCS(=O)(=O)N(CC12CC3CC(CC(O)(C3)C1)C2)CC12CC3CC(CC(O)(C3)C1)C2. The van der Waals surface area contributed by atoms with Crippen molar-refractivity contribution >= 4 is 10.0 Å². The second kappa shape index (κ2) is 8.06. The molecule has 8 aliphatic rings. The zero-order valence-electron chi connectivity index (χ0n) is 21.7. The Balaban J connectivity index is 1.29. The fraction of sp³-hybridized carbons (Fsp3) is 1.00. The van der Waals surface area contributed by atoms with Crippen LogP contribution in [0.15, 0.2) is 0 Å². The summed E-state index contributed by atoms with van der Waals surface area (Å²) in [5.74, 6) is -8.43. The first-order valence-corrected chi connectivity index (χ1v) is 15.7. The number of rotatable bonds is 9. The standard InChI is InChI=1S/C27H41F4NO4S/c1-22(28,29)27(30,31)2-3-37(35,36)32(16-23-6-18-4-19(7-23)11-25(33,10-18)14-23)17-24-8-20-5-21(9-24)13-26(34,12-20)15-24/h18-21,33-34H,2-17H2,1H3. The molecule has 0 spiro atoms. The van der Waals surface area contributed by atoms with E-state index in [1.807, 2.05) is 0 Å². The molecule has 0 aromatic heterocycles. The third-order valence-corrected chi connectivity index (χ3v) is 12.8. The van der Waals surface area contributed by atoms with Crippen LogP contribution < -0.4 is 0 Å². The zero-order valence-corrected chi connectivity index (χ0v) is 22.5. The van der Waals surface area contributed by atoms with Crippen LogP contribution in [0.1, 0.15) is 90.4 Å². The smallest absolute Gasteiger partial charge is 0.310 e. The molecule has 0 saturated heterocycles. The Morgan fingerprint density at radius 3 is 1.46 bits per heavy atom. The average Bonchev–Trinajstić information content (AvgIpc) is 2.67. The molecule has 8 rings (SSSR count). The quantitative estimate of drug-likeness (QED) is 0.397. The number of hydrogen-bond donors (Lipinski definition) is 2. The molecule has 0 radical (unpaired) electrons. The molecule has 5 nitrogen and oxygen atoms in total. The van der Waals surface area contributed by atoms with Gasteiger partial charge >= 0.3 is 11.8 Å². The minimum atomic E-state index is -4.42. The predicted octanol–water partition coefficient (Wildman–Crippen LogP) is 4.96. The number of nitrogens with zero attached hydrogens (tertiary/aromatic N) is 1. The van der Waals surface area contributed by atoms with Crippen LogP contribution in [0.2, 0.25) is 0 Å². The van der Waals surface area contributed by atoms with Crippen LogP contribution in [0.5, 0.6) is 0 Å². The van der Waals surface area contributed by atoms with Crippen molar-refractivity contribution in [3.8, 4) is 0 Å². The average molecular weight is 552 g/mol. The molecular formula is C27H41F4NO4S. The van der Waals surface area contributed by atoms with E-state index in [4.69, 9.17) is 0 Å². The lowest BCUT2D eigenvalue weighted by Crippen LogP contribution is -2.62. The van der Waals surface area contributed by atoms with E-state index >= 15 is 0 Å². The highest BCUT2D eigenvalue weighted by Crippen LogP contribution is 2.64. The first kappa shape index (κ1) is 26.8. The fourth-order valence-electron chi connectivity index (χ4n) is 10.8. The van der Waals surface area contributed by atoms with E-state index in [1.54, 1.807) is 0 Å². The van der Waals surface area contributed by atoms with Crippen LogP contribution in [0.4, 0.5) is 17.6 Å². The van der Waals surface area contributed by atoms with Crippen LogP contribution in [0, 0.1) is 34.5 Å². The second-order valence-corrected chi connectivity index (χ2v) is 16.9. The van der Waals surface area contributed by atoms with Gasteiger partial charge in [0.2, 0.25) is 10.0 Å². The monoisotopic (exact) mass is 551 g/mol. The van der Waals surface area contributed by atoms with Crippen LogP contribution >= 0.6 is 0 Å². The van der Waals surface area contributed by atoms with Crippen molar-refractivity contribution in [1.29, 1.82) is 0 Å². The van der Waals surface area contributed by atoms with Gasteiger partial charge in [-0.15, -0.1) is 0 Å². The van der Waals surface area contributed by atoms with E-state index in [0.717, 1.165) is 64.2 Å². The molecule has 212 valence electrons. The molecule has 8 bridgehead atoms. The number of alkyl halides is 4. The molecule has 8 saturated carbocycles. The highest BCUT2D eigenvalue weighted by molar-refractivity contribution is 7.89. The van der Waals surface area contributed by atoms with Gasteiger partial charge in [-0.1, -0.05) is 0 Å². The summed E-state index contributed by atoms with van der Waals surface area (Å²) >= 11 is 0. The van der Waals surface area contributed by atoms with Crippen molar-refractivity contribution in [2.24, 2.45) is 34.5 Å². The van der Waals surface area contributed by atoms with Crippen LogP contribution in [0.25, 0.3) is 0 Å². The van der Waals surface area contributed by atoms with Gasteiger partial charge < -0.3 is 10.2 Å². The molecule has 4 atom stereocenters. The van der Waals surface area contributed by atoms with Gasteiger partial charge in [0.05, 0.1) is 17.0 Å². The lowest BCUT2D eigenvalue weighted by Gasteiger charge is -2.63. The Labute approximate surface area is 217 Å². The van der Waals surface area contributed by atoms with Crippen molar-refractivity contribution in [1.82, 2.24) is 4.31 Å². The summed E-state index contributed by atoms with van der Waals surface area (Å²) in [6, 6.07) is 0. The van der Waals surface area contributed by atoms with Gasteiger partial charge in [-0.2, -0.15) is 8.78 Å². The third-order valence-electron chi connectivity index (χ3n) is 11.0. The number of sulfonamides is 1. The van der Waals surface area contributed by atoms with Crippen LogP contribution in [0.3, 0.4) is 0 Å². The van der Waals surface area contributed by atoms with E-state index in [-0.39, 0.29) is 20.0 Å². The lowest BCUT2D eigenvalue weighted by molar-refractivity contribution is -0.198. The summed E-state index contributed by atoms with van der Waals surface area (Å²) < 4.78 is 84.2. The minimum Gasteiger partial charge on any atom is -0.390 e. The van der Waals surface area contributed by atoms with Gasteiger partial charge in [0, 0.05) is 26.4 Å². The van der Waals surface area contributed by atoms with Gasteiger partial charge in [0.1, 0.15) is 0 Å². The number of aliphatic hydroxyl groups is 2. The summed E-state index contributed by atoms with van der Waals surface area (Å²) in [6.45, 7) is 0.423. The van der Waals surface area contributed by atoms with Crippen LogP contribution in [-0.2, 0) is 10.0 Å². The van der Waals surface area contributed by atoms with Crippen molar-refractivity contribution in [2.75, 3.05) is 18.8 Å². The minimum absolute atomic E-state index is 0.129.